The van der Waals surface area contributed by atoms with E-state index < -0.39 is 17.8 Å². The van der Waals surface area contributed by atoms with Crippen molar-refractivity contribution in [3.8, 4) is 5.75 Å². The van der Waals surface area contributed by atoms with E-state index in [1.54, 1.807) is 18.2 Å². The molecule has 0 aliphatic carbocycles. The first kappa shape index (κ1) is 24.3. The maximum absolute atomic E-state index is 13.7. The number of fused-ring (bicyclic) bond motifs is 2. The average molecular weight is 550 g/mol. The fourth-order valence-electron chi connectivity index (χ4n) is 4.59. The van der Waals surface area contributed by atoms with Crippen molar-refractivity contribution < 1.29 is 18.3 Å². The van der Waals surface area contributed by atoms with Crippen LogP contribution in [0.15, 0.2) is 80.4 Å². The number of ether oxygens (including phenoxy) is 1. The molecular formula is C29H25BrFNO4. The summed E-state index contributed by atoms with van der Waals surface area (Å²) >= 11 is 3.41. The number of benzene rings is 3. The molecule has 5 rings (SSSR count). The van der Waals surface area contributed by atoms with Gasteiger partial charge in [0.15, 0.2) is 5.43 Å². The van der Waals surface area contributed by atoms with Gasteiger partial charge in [-0.3, -0.25) is 14.5 Å². The molecule has 1 aliphatic heterocycles. The molecule has 5 nitrogen and oxygen atoms in total. The van der Waals surface area contributed by atoms with Gasteiger partial charge in [0, 0.05) is 10.2 Å². The Balaban J connectivity index is 1.57. The molecule has 0 saturated heterocycles. The van der Waals surface area contributed by atoms with Gasteiger partial charge in [0.25, 0.3) is 5.91 Å². The van der Waals surface area contributed by atoms with Gasteiger partial charge in [-0.05, 0) is 66.6 Å². The van der Waals surface area contributed by atoms with Gasteiger partial charge >= 0.3 is 0 Å². The van der Waals surface area contributed by atoms with Crippen LogP contribution in [0.2, 0.25) is 0 Å². The van der Waals surface area contributed by atoms with Gasteiger partial charge in [-0.1, -0.05) is 54.2 Å². The number of rotatable bonds is 8. The first-order chi connectivity index (χ1) is 17.5. The predicted molar refractivity (Wildman–Crippen MR) is 141 cm³/mol. The van der Waals surface area contributed by atoms with Crippen molar-refractivity contribution in [3.63, 3.8) is 0 Å². The molecule has 2 heterocycles. The number of halogens is 2. The lowest BCUT2D eigenvalue weighted by Gasteiger charge is -2.25. The lowest BCUT2D eigenvalue weighted by molar-refractivity contribution is 0.0971. The number of hydrogen-bond donors (Lipinski definition) is 0. The second-order valence-corrected chi connectivity index (χ2v) is 9.76. The first-order valence-electron chi connectivity index (χ1n) is 12.1. The molecule has 0 radical (unpaired) electrons. The zero-order valence-corrected chi connectivity index (χ0v) is 21.4. The first-order valence-corrected chi connectivity index (χ1v) is 12.9. The Labute approximate surface area is 216 Å². The van der Waals surface area contributed by atoms with Gasteiger partial charge in [0.1, 0.15) is 17.1 Å². The Morgan fingerprint density at radius 2 is 1.72 bits per heavy atom. The SMILES string of the molecule is CCCCCCOc1ccc(C2c3c(oc4ccc(Br)cc4c3=O)C(=O)N2c2ccc(F)cc2)cc1. The molecule has 36 heavy (non-hydrogen) atoms. The van der Waals surface area contributed by atoms with Gasteiger partial charge in [0.05, 0.1) is 23.6 Å². The summed E-state index contributed by atoms with van der Waals surface area (Å²) < 4.78 is 26.3. The van der Waals surface area contributed by atoms with Crippen LogP contribution in [0.5, 0.6) is 5.75 Å². The third-order valence-corrected chi connectivity index (χ3v) is 6.89. The largest absolute Gasteiger partial charge is 0.494 e. The molecule has 1 unspecified atom stereocenters. The highest BCUT2D eigenvalue weighted by Gasteiger charge is 2.43. The minimum Gasteiger partial charge on any atom is -0.494 e. The Hall–Kier alpha value is -3.45. The fraction of sp³-hybridized carbons (Fsp3) is 0.241. The van der Waals surface area contributed by atoms with E-state index in [1.807, 2.05) is 24.3 Å². The van der Waals surface area contributed by atoms with E-state index in [4.69, 9.17) is 9.15 Å². The number of carbonyl (C=O) groups is 1. The minimum absolute atomic E-state index is 0.000369. The van der Waals surface area contributed by atoms with Gasteiger partial charge in [0.2, 0.25) is 5.76 Å². The minimum atomic E-state index is -0.726. The average Bonchev–Trinajstić information content (AvgIpc) is 3.18. The molecule has 1 amide bonds. The van der Waals surface area contributed by atoms with E-state index in [0.29, 0.717) is 23.3 Å². The molecule has 1 atom stereocenters. The Bertz CT molecular complexity index is 1460. The van der Waals surface area contributed by atoms with Gasteiger partial charge in [-0.15, -0.1) is 0 Å². The lowest BCUT2D eigenvalue weighted by atomic mass is 9.98. The summed E-state index contributed by atoms with van der Waals surface area (Å²) in [5.74, 6) is -0.132. The lowest BCUT2D eigenvalue weighted by Crippen LogP contribution is -2.29. The van der Waals surface area contributed by atoms with E-state index in [1.165, 1.54) is 42.0 Å². The number of unbranched alkanes of at least 4 members (excludes halogenated alkanes) is 3. The van der Waals surface area contributed by atoms with Crippen molar-refractivity contribution in [2.24, 2.45) is 0 Å². The molecule has 184 valence electrons. The van der Waals surface area contributed by atoms with Crippen LogP contribution in [0.3, 0.4) is 0 Å². The molecule has 7 heteroatoms. The van der Waals surface area contributed by atoms with Crippen LogP contribution < -0.4 is 15.1 Å². The summed E-state index contributed by atoms with van der Waals surface area (Å²) in [5, 5.41) is 0.383. The van der Waals surface area contributed by atoms with E-state index in [-0.39, 0.29) is 16.8 Å². The third-order valence-electron chi connectivity index (χ3n) is 6.40. The van der Waals surface area contributed by atoms with E-state index in [9.17, 15) is 14.0 Å². The zero-order valence-electron chi connectivity index (χ0n) is 19.8. The molecule has 0 fully saturated rings. The normalized spacial score (nSPS) is 14.9. The number of anilines is 1. The van der Waals surface area contributed by atoms with Crippen molar-refractivity contribution in [2.45, 2.75) is 38.6 Å². The maximum Gasteiger partial charge on any atom is 0.295 e. The monoisotopic (exact) mass is 549 g/mol. The molecule has 1 aromatic heterocycles. The van der Waals surface area contributed by atoms with Crippen LogP contribution in [-0.4, -0.2) is 12.5 Å². The van der Waals surface area contributed by atoms with Crippen LogP contribution in [0.1, 0.15) is 60.3 Å². The van der Waals surface area contributed by atoms with Crippen LogP contribution in [0, 0.1) is 5.82 Å². The van der Waals surface area contributed by atoms with Crippen molar-refractivity contribution in [1.29, 1.82) is 0 Å². The molecule has 0 saturated carbocycles. The van der Waals surface area contributed by atoms with Crippen LogP contribution in [0.4, 0.5) is 10.1 Å². The second kappa shape index (κ2) is 10.3. The summed E-state index contributed by atoms with van der Waals surface area (Å²) in [4.78, 5) is 28.8. The number of hydrogen-bond acceptors (Lipinski definition) is 4. The molecule has 4 aromatic rings. The zero-order chi connectivity index (χ0) is 25.2. The van der Waals surface area contributed by atoms with E-state index >= 15 is 0 Å². The van der Waals surface area contributed by atoms with Crippen LogP contribution >= 0.6 is 15.9 Å². The Kier molecular flexibility index (Phi) is 6.92. The number of carbonyl (C=O) groups excluding carboxylic acids is 1. The van der Waals surface area contributed by atoms with Crippen LogP contribution in [-0.2, 0) is 0 Å². The topological polar surface area (TPSA) is 59.8 Å². The highest BCUT2D eigenvalue weighted by Crippen LogP contribution is 2.41. The van der Waals surface area contributed by atoms with Gasteiger partial charge < -0.3 is 9.15 Å². The smallest absolute Gasteiger partial charge is 0.295 e. The van der Waals surface area contributed by atoms with Crippen molar-refractivity contribution >= 4 is 38.5 Å². The van der Waals surface area contributed by atoms with Gasteiger partial charge in [-0.2, -0.15) is 0 Å². The summed E-state index contributed by atoms with van der Waals surface area (Å²) in [6.45, 7) is 2.80. The highest BCUT2D eigenvalue weighted by molar-refractivity contribution is 9.10. The number of amides is 1. The molecule has 0 spiro atoms. The molecular weight excluding hydrogens is 525 g/mol. The quantitative estimate of drug-likeness (QED) is 0.215. The van der Waals surface area contributed by atoms with Crippen molar-refractivity contribution in [1.82, 2.24) is 0 Å². The molecule has 1 aliphatic rings. The summed E-state index contributed by atoms with van der Waals surface area (Å²) in [6.07, 6.45) is 4.47. The Morgan fingerprint density at radius 3 is 2.44 bits per heavy atom. The maximum atomic E-state index is 13.7. The van der Waals surface area contributed by atoms with Crippen LogP contribution in [0.25, 0.3) is 11.0 Å². The van der Waals surface area contributed by atoms with Crippen molar-refractivity contribution in [3.05, 3.63) is 104 Å². The number of nitrogens with zero attached hydrogens (tertiary/aromatic N) is 1. The fourth-order valence-corrected chi connectivity index (χ4v) is 4.95. The second-order valence-electron chi connectivity index (χ2n) is 8.85. The van der Waals surface area contributed by atoms with E-state index in [2.05, 4.69) is 22.9 Å². The molecule has 0 N–H and O–H groups in total. The Morgan fingerprint density at radius 1 is 0.972 bits per heavy atom. The summed E-state index contributed by atoms with van der Waals surface area (Å²) in [7, 11) is 0. The van der Waals surface area contributed by atoms with Crippen molar-refractivity contribution in [2.75, 3.05) is 11.5 Å². The van der Waals surface area contributed by atoms with Gasteiger partial charge in [-0.25, -0.2) is 4.39 Å². The standard InChI is InChI=1S/C29H25BrFNO4/c1-2-3-4-5-16-35-22-13-6-18(7-14-22)26-25-27(33)23-17-19(30)8-15-24(23)36-28(25)29(34)32(26)21-11-9-20(31)10-12-21/h6-15,17,26H,2-5,16H2,1H3. The summed E-state index contributed by atoms with van der Waals surface area (Å²) in [5.41, 5.74) is 1.53. The van der Waals surface area contributed by atoms with E-state index in [0.717, 1.165) is 28.6 Å². The summed E-state index contributed by atoms with van der Waals surface area (Å²) in [6, 6.07) is 17.4. The molecule has 3 aromatic carbocycles. The highest BCUT2D eigenvalue weighted by atomic mass is 79.9. The predicted octanol–water partition coefficient (Wildman–Crippen LogP) is 7.40. The third kappa shape index (κ3) is 4.55. The molecule has 0 bridgehead atoms.